The van der Waals surface area contributed by atoms with Crippen LogP contribution in [-0.2, 0) is 6.54 Å². The molecule has 0 atom stereocenters. The predicted octanol–water partition coefficient (Wildman–Crippen LogP) is 4.36. The maximum Gasteiger partial charge on any atom is 0.293 e. The number of benzene rings is 2. The van der Waals surface area contributed by atoms with Crippen molar-refractivity contribution in [3.63, 3.8) is 0 Å². The van der Waals surface area contributed by atoms with Gasteiger partial charge in [0, 0.05) is 54.9 Å². The molecule has 1 saturated heterocycles. The molecule has 2 heterocycles. The van der Waals surface area contributed by atoms with Crippen LogP contribution in [0.5, 0.6) is 0 Å². The smallest absolute Gasteiger partial charge is 0.293 e. The van der Waals surface area contributed by atoms with E-state index >= 15 is 0 Å². The van der Waals surface area contributed by atoms with Gasteiger partial charge < -0.3 is 10.2 Å². The van der Waals surface area contributed by atoms with Gasteiger partial charge in [-0.3, -0.25) is 19.8 Å². The zero-order valence-electron chi connectivity index (χ0n) is 16.4. The van der Waals surface area contributed by atoms with Crippen LogP contribution >= 0.6 is 11.3 Å². The molecule has 1 aliphatic heterocycles. The Kier molecular flexibility index (Phi) is 6.06. The summed E-state index contributed by atoms with van der Waals surface area (Å²) in [5, 5.41) is 16.7. The van der Waals surface area contributed by atoms with Crippen LogP contribution in [0.15, 0.2) is 66.0 Å². The lowest BCUT2D eigenvalue weighted by Gasteiger charge is -2.34. The van der Waals surface area contributed by atoms with Crippen LogP contribution in [0.1, 0.15) is 15.2 Å². The molecule has 0 aliphatic carbocycles. The van der Waals surface area contributed by atoms with Crippen molar-refractivity contribution in [3.8, 4) is 0 Å². The van der Waals surface area contributed by atoms with E-state index in [0.717, 1.165) is 25.3 Å². The lowest BCUT2D eigenvalue weighted by Crippen LogP contribution is -2.48. The normalized spacial score (nSPS) is 14.5. The summed E-state index contributed by atoms with van der Waals surface area (Å²) in [5.41, 5.74) is 1.35. The van der Waals surface area contributed by atoms with Crippen molar-refractivity contribution in [2.24, 2.45) is 0 Å². The lowest BCUT2D eigenvalue weighted by atomic mass is 10.1. The molecule has 1 fully saturated rings. The van der Waals surface area contributed by atoms with Gasteiger partial charge in [0.2, 0.25) is 0 Å². The minimum atomic E-state index is -0.457. The number of rotatable bonds is 6. The Morgan fingerprint density at radius 3 is 2.47 bits per heavy atom. The van der Waals surface area contributed by atoms with Crippen molar-refractivity contribution < 1.29 is 9.72 Å². The number of amides is 1. The van der Waals surface area contributed by atoms with E-state index in [1.54, 1.807) is 28.4 Å². The molecular weight excluding hydrogens is 400 g/mol. The molecule has 4 rings (SSSR count). The van der Waals surface area contributed by atoms with Crippen LogP contribution in [0.4, 0.5) is 17.1 Å². The zero-order valence-corrected chi connectivity index (χ0v) is 17.2. The number of para-hydroxylation sites is 1. The molecule has 2 aromatic carbocycles. The fraction of sp³-hybridized carbons (Fsp3) is 0.227. The summed E-state index contributed by atoms with van der Waals surface area (Å²) in [6.45, 7) is 3.70. The van der Waals surface area contributed by atoms with Crippen LogP contribution in [0.2, 0.25) is 0 Å². The van der Waals surface area contributed by atoms with Crippen molar-refractivity contribution in [2.45, 2.75) is 6.54 Å². The van der Waals surface area contributed by atoms with Gasteiger partial charge in [0.15, 0.2) is 0 Å². The van der Waals surface area contributed by atoms with Gasteiger partial charge in [-0.15, -0.1) is 11.3 Å². The van der Waals surface area contributed by atoms with Crippen molar-refractivity contribution in [1.82, 2.24) is 9.80 Å². The van der Waals surface area contributed by atoms with Gasteiger partial charge in [-0.1, -0.05) is 24.3 Å². The average molecular weight is 423 g/mol. The second-order valence-electron chi connectivity index (χ2n) is 7.13. The average Bonchev–Trinajstić information content (AvgIpc) is 3.28. The zero-order chi connectivity index (χ0) is 20.9. The molecule has 0 spiro atoms. The highest BCUT2D eigenvalue weighted by molar-refractivity contribution is 7.09. The summed E-state index contributed by atoms with van der Waals surface area (Å²) in [7, 11) is 0. The van der Waals surface area contributed by atoms with E-state index in [0.29, 0.717) is 24.3 Å². The molecule has 1 aliphatic rings. The molecule has 1 aromatic heterocycles. The Hall–Kier alpha value is -3.23. The van der Waals surface area contributed by atoms with E-state index in [1.165, 1.54) is 10.9 Å². The molecule has 0 bridgehead atoms. The summed E-state index contributed by atoms with van der Waals surface area (Å²) in [5.74, 6) is -0.167. The minimum absolute atomic E-state index is 0.110. The largest absolute Gasteiger partial charge is 0.350 e. The molecular formula is C22H22N4O3S. The van der Waals surface area contributed by atoms with Gasteiger partial charge in [-0.2, -0.15) is 0 Å². The summed E-state index contributed by atoms with van der Waals surface area (Å²) >= 11 is 1.73. The number of carbonyl (C=O) groups is 1. The summed E-state index contributed by atoms with van der Waals surface area (Å²) in [6, 6.07) is 18.0. The number of anilines is 2. The summed E-state index contributed by atoms with van der Waals surface area (Å²) in [6.07, 6.45) is 0. The van der Waals surface area contributed by atoms with Crippen LogP contribution in [-0.4, -0.2) is 46.8 Å². The molecule has 3 aromatic rings. The topological polar surface area (TPSA) is 78.7 Å². The fourth-order valence-corrected chi connectivity index (χ4v) is 4.26. The maximum absolute atomic E-state index is 12.9. The van der Waals surface area contributed by atoms with E-state index < -0.39 is 4.92 Å². The Bertz CT molecular complexity index is 1020. The van der Waals surface area contributed by atoms with Crippen LogP contribution < -0.4 is 5.32 Å². The number of nitro groups is 1. The van der Waals surface area contributed by atoms with Crippen molar-refractivity contribution >= 4 is 34.3 Å². The number of hydrogen-bond acceptors (Lipinski definition) is 6. The second-order valence-corrected chi connectivity index (χ2v) is 8.16. The first kappa shape index (κ1) is 20.1. The quantitative estimate of drug-likeness (QED) is 0.472. The third-order valence-electron chi connectivity index (χ3n) is 5.11. The monoisotopic (exact) mass is 422 g/mol. The third kappa shape index (κ3) is 4.67. The highest BCUT2D eigenvalue weighted by atomic mass is 32.1. The molecule has 30 heavy (non-hydrogen) atoms. The number of piperazine rings is 1. The van der Waals surface area contributed by atoms with E-state index in [-0.39, 0.29) is 11.6 Å². The SMILES string of the molecule is O=C(c1ccc(Nc2ccccc2)c([N+](=O)[O-])c1)N1CCN(Cc2cccs2)CC1. The Morgan fingerprint density at radius 2 is 1.80 bits per heavy atom. The van der Waals surface area contributed by atoms with Crippen LogP contribution in [0.3, 0.4) is 0 Å². The van der Waals surface area contributed by atoms with E-state index in [4.69, 9.17) is 0 Å². The number of nitro benzene ring substituents is 1. The predicted molar refractivity (Wildman–Crippen MR) is 118 cm³/mol. The highest BCUT2D eigenvalue weighted by Crippen LogP contribution is 2.29. The van der Waals surface area contributed by atoms with Crippen molar-refractivity contribution in [3.05, 3.63) is 86.6 Å². The van der Waals surface area contributed by atoms with Crippen LogP contribution in [0, 0.1) is 10.1 Å². The minimum Gasteiger partial charge on any atom is -0.350 e. The standard InChI is InChI=1S/C22H22N4O3S/c27-22(25-12-10-24(11-13-25)16-19-7-4-14-30-19)17-8-9-20(21(15-17)26(28)29)23-18-5-2-1-3-6-18/h1-9,14-15,23H,10-13,16H2. The molecule has 1 amide bonds. The number of nitrogens with one attached hydrogen (secondary N) is 1. The highest BCUT2D eigenvalue weighted by Gasteiger charge is 2.25. The Labute approximate surface area is 178 Å². The molecule has 8 heteroatoms. The van der Waals surface area contributed by atoms with E-state index in [2.05, 4.69) is 21.7 Å². The first-order valence-electron chi connectivity index (χ1n) is 9.75. The van der Waals surface area contributed by atoms with Gasteiger partial charge >= 0.3 is 0 Å². The molecule has 154 valence electrons. The van der Waals surface area contributed by atoms with Gasteiger partial charge in [0.1, 0.15) is 5.69 Å². The van der Waals surface area contributed by atoms with Gasteiger partial charge in [-0.05, 0) is 35.7 Å². The summed E-state index contributed by atoms with van der Waals surface area (Å²) in [4.78, 5) is 29.5. The molecule has 1 N–H and O–H groups in total. The molecule has 7 nitrogen and oxygen atoms in total. The van der Waals surface area contributed by atoms with Crippen molar-refractivity contribution in [2.75, 3.05) is 31.5 Å². The number of nitrogens with zero attached hydrogens (tertiary/aromatic N) is 3. The molecule has 0 saturated carbocycles. The fourth-order valence-electron chi connectivity index (χ4n) is 3.51. The van der Waals surface area contributed by atoms with Gasteiger partial charge in [0.05, 0.1) is 4.92 Å². The van der Waals surface area contributed by atoms with Gasteiger partial charge in [0.25, 0.3) is 11.6 Å². The number of hydrogen-bond donors (Lipinski definition) is 1. The maximum atomic E-state index is 12.9. The number of carbonyl (C=O) groups excluding carboxylic acids is 1. The Balaban J connectivity index is 1.44. The Morgan fingerprint density at radius 1 is 1.03 bits per heavy atom. The number of thiophene rings is 1. The first-order chi connectivity index (χ1) is 14.6. The second kappa shape index (κ2) is 9.06. The summed E-state index contributed by atoms with van der Waals surface area (Å²) < 4.78 is 0. The van der Waals surface area contributed by atoms with E-state index in [9.17, 15) is 14.9 Å². The first-order valence-corrected chi connectivity index (χ1v) is 10.6. The van der Waals surface area contributed by atoms with E-state index in [1.807, 2.05) is 36.4 Å². The van der Waals surface area contributed by atoms with Crippen molar-refractivity contribution in [1.29, 1.82) is 0 Å². The molecule has 0 radical (unpaired) electrons. The third-order valence-corrected chi connectivity index (χ3v) is 5.97. The van der Waals surface area contributed by atoms with Gasteiger partial charge in [-0.25, -0.2) is 0 Å². The van der Waals surface area contributed by atoms with Crippen LogP contribution in [0.25, 0.3) is 0 Å². The lowest BCUT2D eigenvalue weighted by molar-refractivity contribution is -0.383. The molecule has 0 unspecified atom stereocenters.